The molecule has 2 amide bonds. The molecule has 0 saturated heterocycles. The number of hydrogen-bond acceptors (Lipinski definition) is 6. The first kappa shape index (κ1) is 21.5. The van der Waals surface area contributed by atoms with Gasteiger partial charge >= 0.3 is 6.03 Å². The highest BCUT2D eigenvalue weighted by atomic mass is 35.5. The van der Waals surface area contributed by atoms with Crippen LogP contribution in [0.4, 0.5) is 16.2 Å². The van der Waals surface area contributed by atoms with Gasteiger partial charge in [-0.1, -0.05) is 11.6 Å². The number of thiophene rings is 1. The third kappa shape index (κ3) is 4.20. The number of urea groups is 1. The van der Waals surface area contributed by atoms with Gasteiger partial charge in [-0.25, -0.2) is 17.9 Å². The highest BCUT2D eigenvalue weighted by Crippen LogP contribution is 2.27. The first-order valence-corrected chi connectivity index (χ1v) is 12.6. The number of amides is 2. The van der Waals surface area contributed by atoms with E-state index in [2.05, 4.69) is 10.6 Å². The molecule has 3 heterocycles. The van der Waals surface area contributed by atoms with Crippen molar-refractivity contribution in [3.63, 3.8) is 0 Å². The van der Waals surface area contributed by atoms with Gasteiger partial charge < -0.3 is 10.6 Å². The molecular weight excluding hydrogens is 484 g/mol. The molecule has 0 fully saturated rings. The lowest BCUT2D eigenvalue weighted by Gasteiger charge is -2.11. The van der Waals surface area contributed by atoms with E-state index in [0.717, 1.165) is 40.9 Å². The smallest absolute Gasteiger partial charge is 0.333 e. The second-order valence-corrected chi connectivity index (χ2v) is 11.1. The number of benzene rings is 2. The highest BCUT2D eigenvalue weighted by Gasteiger charge is 2.20. The summed E-state index contributed by atoms with van der Waals surface area (Å²) in [6, 6.07) is 14.2. The number of sulfonamides is 1. The normalized spacial score (nSPS) is 12.9. The summed E-state index contributed by atoms with van der Waals surface area (Å²) in [5, 5.41) is 7.29. The Balaban J connectivity index is 1.35. The van der Waals surface area contributed by atoms with E-state index in [1.54, 1.807) is 30.5 Å². The molecule has 0 aliphatic carbocycles. The number of carbonyl (C=O) groups excluding carboxylic acids is 1. The second-order valence-electron chi connectivity index (χ2n) is 7.43. The van der Waals surface area contributed by atoms with Crippen molar-refractivity contribution in [2.75, 3.05) is 17.2 Å². The lowest BCUT2D eigenvalue weighted by atomic mass is 10.1. The standard InChI is InChI=1S/C22H17ClN4O4S2/c23-19-5-6-20(32-19)33(30,31)26-22(29)25-15-1-3-16(4-2-15)27-10-8-13-12-18-14(7-9-24-18)11-17(13)21(27)28/h1-6,8,10-12,24H,7,9H2,(H2,25,26,29). The molecule has 0 saturated carbocycles. The van der Waals surface area contributed by atoms with Crippen LogP contribution in [-0.2, 0) is 16.4 Å². The zero-order chi connectivity index (χ0) is 23.2. The van der Waals surface area contributed by atoms with Crippen molar-refractivity contribution in [2.24, 2.45) is 0 Å². The van der Waals surface area contributed by atoms with E-state index in [-0.39, 0.29) is 9.77 Å². The van der Waals surface area contributed by atoms with E-state index in [1.807, 2.05) is 22.9 Å². The summed E-state index contributed by atoms with van der Waals surface area (Å²) in [6.07, 6.45) is 2.59. The van der Waals surface area contributed by atoms with Gasteiger partial charge in [-0.15, -0.1) is 11.3 Å². The molecule has 8 nitrogen and oxygen atoms in total. The third-order valence-corrected chi connectivity index (χ3v) is 8.34. The summed E-state index contributed by atoms with van der Waals surface area (Å²) in [5.41, 5.74) is 3.04. The number of fused-ring (bicyclic) bond motifs is 2. The zero-order valence-electron chi connectivity index (χ0n) is 17.0. The Morgan fingerprint density at radius 1 is 1.09 bits per heavy atom. The number of anilines is 2. The minimum Gasteiger partial charge on any atom is -0.384 e. The maximum absolute atomic E-state index is 13.1. The first-order chi connectivity index (χ1) is 15.8. The second kappa shape index (κ2) is 8.22. The van der Waals surface area contributed by atoms with E-state index < -0.39 is 16.1 Å². The molecule has 2 aromatic heterocycles. The van der Waals surface area contributed by atoms with Gasteiger partial charge in [0.2, 0.25) is 0 Å². The van der Waals surface area contributed by atoms with Crippen LogP contribution in [0.1, 0.15) is 5.56 Å². The maximum atomic E-state index is 13.1. The molecule has 1 aliphatic rings. The summed E-state index contributed by atoms with van der Waals surface area (Å²) in [6.45, 7) is 0.865. The Kier molecular flexibility index (Phi) is 5.35. The fraction of sp³-hybridized carbons (Fsp3) is 0.0909. The summed E-state index contributed by atoms with van der Waals surface area (Å²) >= 11 is 6.61. The molecule has 0 atom stereocenters. The first-order valence-electron chi connectivity index (χ1n) is 9.92. The summed E-state index contributed by atoms with van der Waals surface area (Å²) in [7, 11) is -4.02. The van der Waals surface area contributed by atoms with Crippen LogP contribution in [0, 0.1) is 0 Å². The van der Waals surface area contributed by atoms with Crippen LogP contribution in [0.5, 0.6) is 0 Å². The van der Waals surface area contributed by atoms with E-state index in [4.69, 9.17) is 11.6 Å². The van der Waals surface area contributed by atoms with Gasteiger partial charge in [0, 0.05) is 35.2 Å². The molecule has 1 aliphatic heterocycles. The summed E-state index contributed by atoms with van der Waals surface area (Å²) in [4.78, 5) is 25.2. The molecule has 0 bridgehead atoms. The predicted molar refractivity (Wildman–Crippen MR) is 130 cm³/mol. The minimum atomic E-state index is -4.02. The largest absolute Gasteiger partial charge is 0.384 e. The zero-order valence-corrected chi connectivity index (χ0v) is 19.4. The van der Waals surface area contributed by atoms with Gasteiger partial charge in [0.15, 0.2) is 0 Å². The van der Waals surface area contributed by atoms with Crippen molar-refractivity contribution in [3.8, 4) is 5.69 Å². The molecule has 11 heteroatoms. The molecule has 2 aromatic carbocycles. The van der Waals surface area contributed by atoms with Crippen molar-refractivity contribution in [3.05, 3.63) is 81.0 Å². The van der Waals surface area contributed by atoms with Crippen molar-refractivity contribution in [1.82, 2.24) is 9.29 Å². The van der Waals surface area contributed by atoms with Crippen LogP contribution < -0.4 is 20.9 Å². The Hall–Kier alpha value is -3.34. The number of carbonyl (C=O) groups is 1. The molecule has 168 valence electrons. The van der Waals surface area contributed by atoms with Crippen LogP contribution in [-0.4, -0.2) is 25.6 Å². The fourth-order valence-corrected chi connectivity index (χ4v) is 6.11. The molecule has 5 rings (SSSR count). The van der Waals surface area contributed by atoms with Crippen molar-refractivity contribution in [1.29, 1.82) is 0 Å². The van der Waals surface area contributed by atoms with E-state index in [1.165, 1.54) is 16.7 Å². The van der Waals surface area contributed by atoms with Gasteiger partial charge in [-0.05, 0) is 72.0 Å². The lowest BCUT2D eigenvalue weighted by Crippen LogP contribution is -2.33. The fourth-order valence-electron chi connectivity index (χ4n) is 3.72. The molecule has 0 radical (unpaired) electrons. The minimum absolute atomic E-state index is 0.0601. The Morgan fingerprint density at radius 2 is 1.88 bits per heavy atom. The van der Waals surface area contributed by atoms with Gasteiger partial charge in [0.1, 0.15) is 4.21 Å². The third-order valence-electron chi connectivity index (χ3n) is 5.28. The van der Waals surface area contributed by atoms with E-state index in [0.29, 0.717) is 21.1 Å². The average molecular weight is 501 g/mol. The summed E-state index contributed by atoms with van der Waals surface area (Å²) in [5.74, 6) is 0. The number of aromatic nitrogens is 1. The van der Waals surface area contributed by atoms with Crippen molar-refractivity contribution in [2.45, 2.75) is 10.6 Å². The molecule has 0 unspecified atom stereocenters. The van der Waals surface area contributed by atoms with Crippen molar-refractivity contribution < 1.29 is 13.2 Å². The SMILES string of the molecule is O=C(Nc1ccc(-n2ccc3cc4c(cc3c2=O)CCN4)cc1)NS(=O)(=O)c1ccc(Cl)s1. The van der Waals surface area contributed by atoms with Crippen molar-refractivity contribution >= 4 is 61.1 Å². The van der Waals surface area contributed by atoms with Crippen LogP contribution >= 0.6 is 22.9 Å². The van der Waals surface area contributed by atoms with Crippen LogP contribution in [0.15, 0.2) is 69.8 Å². The van der Waals surface area contributed by atoms with Gasteiger partial charge in [-0.3, -0.25) is 9.36 Å². The maximum Gasteiger partial charge on any atom is 0.333 e. The summed E-state index contributed by atoms with van der Waals surface area (Å²) < 4.78 is 28.2. The van der Waals surface area contributed by atoms with Crippen LogP contribution in [0.3, 0.4) is 0 Å². The van der Waals surface area contributed by atoms with Crippen LogP contribution in [0.2, 0.25) is 4.34 Å². The monoisotopic (exact) mass is 500 g/mol. The number of nitrogens with one attached hydrogen (secondary N) is 3. The number of hydrogen-bond donors (Lipinski definition) is 3. The van der Waals surface area contributed by atoms with Gasteiger partial charge in [0.05, 0.1) is 4.34 Å². The number of nitrogens with zero attached hydrogens (tertiary/aromatic N) is 1. The molecular formula is C22H17ClN4O4S2. The van der Waals surface area contributed by atoms with Crippen LogP contribution in [0.25, 0.3) is 16.5 Å². The highest BCUT2D eigenvalue weighted by molar-refractivity contribution is 7.92. The molecule has 33 heavy (non-hydrogen) atoms. The van der Waals surface area contributed by atoms with Gasteiger partial charge in [-0.2, -0.15) is 0 Å². The molecule has 3 N–H and O–H groups in total. The Labute approximate surface area is 197 Å². The topological polar surface area (TPSA) is 109 Å². The van der Waals surface area contributed by atoms with Gasteiger partial charge in [0.25, 0.3) is 15.6 Å². The quantitative estimate of drug-likeness (QED) is 0.389. The van der Waals surface area contributed by atoms with E-state index >= 15 is 0 Å². The Bertz CT molecular complexity index is 1560. The van der Waals surface area contributed by atoms with E-state index in [9.17, 15) is 18.0 Å². The molecule has 0 spiro atoms. The number of halogens is 1. The predicted octanol–water partition coefficient (Wildman–Crippen LogP) is 4.18. The Morgan fingerprint density at radius 3 is 2.61 bits per heavy atom. The molecule has 4 aromatic rings. The number of pyridine rings is 1. The average Bonchev–Trinajstić information content (AvgIpc) is 3.42. The lowest BCUT2D eigenvalue weighted by molar-refractivity contribution is 0.256. The number of rotatable bonds is 4.